The smallest absolute Gasteiger partial charge is 0.338 e. The number of aliphatic hydroxyl groups excluding tert-OH is 1. The molecule has 1 heterocycles. The van der Waals surface area contributed by atoms with Crippen molar-refractivity contribution in [3.8, 4) is 11.5 Å². The summed E-state index contributed by atoms with van der Waals surface area (Å²) < 4.78 is 19.0. The van der Waals surface area contributed by atoms with Gasteiger partial charge in [-0.25, -0.2) is 4.79 Å². The summed E-state index contributed by atoms with van der Waals surface area (Å²) in [5.74, 6) is 1.67. The van der Waals surface area contributed by atoms with Crippen LogP contribution in [0.3, 0.4) is 0 Å². The lowest BCUT2D eigenvalue weighted by Crippen LogP contribution is -2.21. The van der Waals surface area contributed by atoms with Crippen LogP contribution in [0.25, 0.3) is 10.9 Å². The van der Waals surface area contributed by atoms with Gasteiger partial charge in [0, 0.05) is 23.5 Å². The molecule has 0 saturated heterocycles. The van der Waals surface area contributed by atoms with E-state index in [1.165, 1.54) is 5.56 Å². The van der Waals surface area contributed by atoms with Gasteiger partial charge in [-0.3, -0.25) is 0 Å². The Labute approximate surface area is 218 Å². The molecule has 194 valence electrons. The standard InChI is InChI=1S/C31H35NO5/c1-21(2)14-22-15-29(35-3)27(30(16-22)36-4)19-32-18-24(26-12-8-9-13-28(26)32)17-25(33)20-37-31(34)23-10-6-5-7-11-23/h5-13,15-16,18,21,25,33H,14,17,19-20H2,1-4H3/t25-/m0/s1. The highest BCUT2D eigenvalue weighted by Gasteiger charge is 2.18. The van der Waals surface area contributed by atoms with Crippen molar-refractivity contribution in [2.75, 3.05) is 20.8 Å². The SMILES string of the molecule is COc1cc(CC(C)C)cc(OC)c1Cn1cc(C[C@H](O)COC(=O)c2ccccc2)c2ccccc21. The molecule has 6 nitrogen and oxygen atoms in total. The van der Waals surface area contributed by atoms with Crippen LogP contribution in [0.1, 0.15) is 40.9 Å². The second-order valence-corrected chi connectivity index (χ2v) is 9.70. The summed E-state index contributed by atoms with van der Waals surface area (Å²) in [5.41, 5.74) is 4.63. The number of aliphatic hydroxyl groups is 1. The molecule has 0 saturated carbocycles. The lowest BCUT2D eigenvalue weighted by molar-refractivity contribution is 0.0259. The average molecular weight is 502 g/mol. The Hall–Kier alpha value is -3.77. The molecule has 0 fully saturated rings. The monoisotopic (exact) mass is 501 g/mol. The van der Waals surface area contributed by atoms with Gasteiger partial charge >= 0.3 is 5.97 Å². The zero-order chi connectivity index (χ0) is 26.4. The number of para-hydroxylation sites is 1. The van der Waals surface area contributed by atoms with Crippen molar-refractivity contribution in [1.29, 1.82) is 0 Å². The maximum atomic E-state index is 12.3. The molecule has 4 aromatic rings. The van der Waals surface area contributed by atoms with Crippen molar-refractivity contribution in [3.63, 3.8) is 0 Å². The highest BCUT2D eigenvalue weighted by atomic mass is 16.5. The van der Waals surface area contributed by atoms with Gasteiger partial charge in [0.15, 0.2) is 0 Å². The lowest BCUT2D eigenvalue weighted by atomic mass is 10.00. The fourth-order valence-electron chi connectivity index (χ4n) is 4.71. The van der Waals surface area contributed by atoms with Crippen molar-refractivity contribution >= 4 is 16.9 Å². The van der Waals surface area contributed by atoms with Crippen molar-refractivity contribution in [3.05, 3.63) is 95.2 Å². The highest BCUT2D eigenvalue weighted by Crippen LogP contribution is 2.34. The highest BCUT2D eigenvalue weighted by molar-refractivity contribution is 5.89. The third-order valence-corrected chi connectivity index (χ3v) is 6.38. The molecule has 3 aromatic carbocycles. The zero-order valence-corrected chi connectivity index (χ0v) is 21.9. The molecular weight excluding hydrogens is 466 g/mol. The van der Waals surface area contributed by atoms with E-state index in [2.05, 4.69) is 36.6 Å². The molecule has 1 aromatic heterocycles. The van der Waals surface area contributed by atoms with Crippen LogP contribution in [0.15, 0.2) is 72.9 Å². The maximum Gasteiger partial charge on any atom is 0.338 e. The van der Waals surface area contributed by atoms with E-state index in [-0.39, 0.29) is 6.61 Å². The van der Waals surface area contributed by atoms with E-state index in [4.69, 9.17) is 14.2 Å². The number of nitrogens with zero attached hydrogens (tertiary/aromatic N) is 1. The van der Waals surface area contributed by atoms with Gasteiger partial charge in [-0.2, -0.15) is 0 Å². The molecule has 0 bridgehead atoms. The van der Waals surface area contributed by atoms with Gasteiger partial charge in [0.2, 0.25) is 0 Å². The van der Waals surface area contributed by atoms with E-state index in [0.29, 0.717) is 24.4 Å². The predicted molar refractivity (Wildman–Crippen MR) is 146 cm³/mol. The number of fused-ring (bicyclic) bond motifs is 1. The Morgan fingerprint density at radius 2 is 1.57 bits per heavy atom. The molecule has 0 spiro atoms. The van der Waals surface area contributed by atoms with Crippen molar-refractivity contribution < 1.29 is 24.1 Å². The third-order valence-electron chi connectivity index (χ3n) is 6.38. The summed E-state index contributed by atoms with van der Waals surface area (Å²) in [4.78, 5) is 12.3. The lowest BCUT2D eigenvalue weighted by Gasteiger charge is -2.17. The number of hydrogen-bond acceptors (Lipinski definition) is 5. The summed E-state index contributed by atoms with van der Waals surface area (Å²) in [7, 11) is 3.37. The summed E-state index contributed by atoms with van der Waals surface area (Å²) in [5, 5.41) is 11.7. The number of carbonyl (C=O) groups excluding carboxylic acids is 1. The summed E-state index contributed by atoms with van der Waals surface area (Å²) in [6.07, 6.45) is 2.52. The summed E-state index contributed by atoms with van der Waals surface area (Å²) in [6.45, 7) is 4.86. The Morgan fingerprint density at radius 1 is 0.919 bits per heavy atom. The van der Waals surface area contributed by atoms with Crippen molar-refractivity contribution in [1.82, 2.24) is 4.57 Å². The van der Waals surface area contributed by atoms with E-state index in [1.54, 1.807) is 38.5 Å². The van der Waals surface area contributed by atoms with Gasteiger partial charge in [-0.1, -0.05) is 50.2 Å². The first-order chi connectivity index (χ1) is 17.9. The Balaban J connectivity index is 1.56. The number of carbonyl (C=O) groups is 1. The number of ether oxygens (including phenoxy) is 3. The van der Waals surface area contributed by atoms with E-state index in [9.17, 15) is 9.90 Å². The molecule has 0 aliphatic carbocycles. The second kappa shape index (κ2) is 12.0. The second-order valence-electron chi connectivity index (χ2n) is 9.70. The Morgan fingerprint density at radius 3 is 2.22 bits per heavy atom. The molecule has 0 aliphatic rings. The molecule has 6 heteroatoms. The number of aromatic nitrogens is 1. The summed E-state index contributed by atoms with van der Waals surface area (Å²) in [6, 6.07) is 21.1. The van der Waals surface area contributed by atoms with Gasteiger partial charge in [0.05, 0.1) is 38.0 Å². The maximum absolute atomic E-state index is 12.3. The molecule has 0 radical (unpaired) electrons. The minimum absolute atomic E-state index is 0.0772. The average Bonchev–Trinajstić information content (AvgIpc) is 3.24. The first-order valence-corrected chi connectivity index (χ1v) is 12.6. The molecule has 0 aliphatic heterocycles. The van der Waals surface area contributed by atoms with Crippen LogP contribution in [0.2, 0.25) is 0 Å². The number of hydrogen-bond donors (Lipinski definition) is 1. The molecule has 37 heavy (non-hydrogen) atoms. The Bertz CT molecular complexity index is 1320. The number of benzene rings is 3. The fraction of sp³-hybridized carbons (Fsp3) is 0.323. The van der Waals surface area contributed by atoms with Gasteiger partial charge in [0.1, 0.15) is 18.1 Å². The van der Waals surface area contributed by atoms with Gasteiger partial charge in [-0.05, 0) is 53.8 Å². The normalized spacial score (nSPS) is 12.1. The topological polar surface area (TPSA) is 69.9 Å². The number of rotatable bonds is 11. The van der Waals surface area contributed by atoms with Crippen molar-refractivity contribution in [2.24, 2.45) is 5.92 Å². The molecular formula is C31H35NO5. The minimum atomic E-state index is -0.827. The van der Waals surface area contributed by atoms with E-state index in [1.807, 2.05) is 30.5 Å². The number of esters is 1. The summed E-state index contributed by atoms with van der Waals surface area (Å²) >= 11 is 0. The van der Waals surface area contributed by atoms with E-state index in [0.717, 1.165) is 39.9 Å². The zero-order valence-electron chi connectivity index (χ0n) is 21.9. The predicted octanol–water partition coefficient (Wildman–Crippen LogP) is 5.67. The molecule has 0 amide bonds. The minimum Gasteiger partial charge on any atom is -0.496 e. The molecule has 1 N–H and O–H groups in total. The fourth-order valence-corrected chi connectivity index (χ4v) is 4.71. The molecule has 4 rings (SSSR count). The first-order valence-electron chi connectivity index (χ1n) is 12.6. The van der Waals surface area contributed by atoms with E-state index < -0.39 is 12.1 Å². The van der Waals surface area contributed by atoms with Crippen LogP contribution in [-0.4, -0.2) is 42.6 Å². The van der Waals surface area contributed by atoms with Crippen LogP contribution in [0.5, 0.6) is 11.5 Å². The van der Waals surface area contributed by atoms with Gasteiger partial charge < -0.3 is 23.9 Å². The number of methoxy groups -OCH3 is 2. The Kier molecular flexibility index (Phi) is 8.51. The van der Waals surface area contributed by atoms with Crippen LogP contribution < -0.4 is 9.47 Å². The van der Waals surface area contributed by atoms with Gasteiger partial charge in [-0.15, -0.1) is 0 Å². The molecule has 0 unspecified atom stereocenters. The van der Waals surface area contributed by atoms with Crippen molar-refractivity contribution in [2.45, 2.75) is 39.3 Å². The first kappa shape index (κ1) is 26.3. The van der Waals surface area contributed by atoms with Crippen LogP contribution in [0.4, 0.5) is 0 Å². The van der Waals surface area contributed by atoms with E-state index >= 15 is 0 Å². The van der Waals surface area contributed by atoms with Crippen LogP contribution in [-0.2, 0) is 24.1 Å². The third kappa shape index (κ3) is 6.33. The van der Waals surface area contributed by atoms with Crippen LogP contribution >= 0.6 is 0 Å². The van der Waals surface area contributed by atoms with Crippen LogP contribution in [0, 0.1) is 5.92 Å². The largest absolute Gasteiger partial charge is 0.496 e. The quantitative estimate of drug-likeness (QED) is 0.268. The molecule has 1 atom stereocenters. The van der Waals surface area contributed by atoms with Gasteiger partial charge in [0.25, 0.3) is 0 Å².